The van der Waals surface area contributed by atoms with Crippen LogP contribution in [-0.4, -0.2) is 25.0 Å². The summed E-state index contributed by atoms with van der Waals surface area (Å²) in [7, 11) is 1.60. The molecule has 1 N–H and O–H groups in total. The van der Waals surface area contributed by atoms with Crippen LogP contribution < -0.4 is 14.8 Å². The molecule has 1 rings (SSSR count). The summed E-state index contributed by atoms with van der Waals surface area (Å²) >= 11 is 5.69. The molecule has 0 fully saturated rings. The number of rotatable bonds is 7. The van der Waals surface area contributed by atoms with Gasteiger partial charge in [0, 0.05) is 6.54 Å². The molecule has 0 aliphatic rings. The van der Waals surface area contributed by atoms with Crippen LogP contribution in [0.5, 0.6) is 11.5 Å². The second kappa shape index (κ2) is 7.89. The van der Waals surface area contributed by atoms with E-state index in [1.165, 1.54) is 0 Å². The first-order chi connectivity index (χ1) is 9.08. The Morgan fingerprint density at radius 2 is 2.16 bits per heavy atom. The normalized spacial score (nSPS) is 11.8. The summed E-state index contributed by atoms with van der Waals surface area (Å²) in [6.45, 7) is 4.73. The third-order valence-corrected chi connectivity index (χ3v) is 2.72. The first-order valence-electron chi connectivity index (χ1n) is 6.30. The van der Waals surface area contributed by atoms with Gasteiger partial charge in [0.2, 0.25) is 5.91 Å². The highest BCUT2D eigenvalue weighted by Gasteiger charge is 2.10. The summed E-state index contributed by atoms with van der Waals surface area (Å²) in [5.41, 5.74) is 0.942. The molecule has 0 aliphatic heterocycles. The largest absolute Gasteiger partial charge is 0.493 e. The lowest BCUT2D eigenvalue weighted by atomic mass is 10.2. The van der Waals surface area contributed by atoms with Gasteiger partial charge in [0.25, 0.3) is 0 Å². The summed E-state index contributed by atoms with van der Waals surface area (Å²) in [6.07, 6.45) is 0.924. The van der Waals surface area contributed by atoms with Crippen molar-refractivity contribution in [1.82, 2.24) is 5.32 Å². The van der Waals surface area contributed by atoms with Crippen LogP contribution in [0.25, 0.3) is 0 Å². The molecule has 1 atom stereocenters. The highest BCUT2D eigenvalue weighted by Crippen LogP contribution is 2.28. The average Bonchev–Trinajstić information content (AvgIpc) is 2.42. The van der Waals surface area contributed by atoms with Gasteiger partial charge in [-0.05, 0) is 31.0 Å². The molecule has 4 nitrogen and oxygen atoms in total. The number of alkyl halides is 1. The molecule has 19 heavy (non-hydrogen) atoms. The molecule has 1 aromatic rings. The van der Waals surface area contributed by atoms with Crippen molar-refractivity contribution in [2.75, 3.05) is 13.7 Å². The summed E-state index contributed by atoms with van der Waals surface area (Å²) in [5, 5.41) is 2.22. The number of hydrogen-bond acceptors (Lipinski definition) is 3. The van der Waals surface area contributed by atoms with E-state index in [2.05, 4.69) is 5.32 Å². The van der Waals surface area contributed by atoms with Crippen molar-refractivity contribution in [1.29, 1.82) is 0 Å². The zero-order valence-corrected chi connectivity index (χ0v) is 12.3. The number of ether oxygens (including phenoxy) is 2. The van der Waals surface area contributed by atoms with Gasteiger partial charge in [-0.1, -0.05) is 13.0 Å². The number of halogens is 1. The number of benzene rings is 1. The lowest BCUT2D eigenvalue weighted by molar-refractivity contribution is -0.120. The second-order valence-electron chi connectivity index (χ2n) is 4.17. The molecule has 106 valence electrons. The molecule has 0 heterocycles. The highest BCUT2D eigenvalue weighted by molar-refractivity contribution is 6.30. The number of carbonyl (C=O) groups is 1. The lowest BCUT2D eigenvalue weighted by Crippen LogP contribution is -2.29. The van der Waals surface area contributed by atoms with Gasteiger partial charge < -0.3 is 14.8 Å². The van der Waals surface area contributed by atoms with E-state index in [1.54, 1.807) is 14.0 Å². The number of nitrogens with one attached hydrogen (secondary N) is 1. The van der Waals surface area contributed by atoms with Crippen LogP contribution >= 0.6 is 11.6 Å². The van der Waals surface area contributed by atoms with Crippen LogP contribution in [-0.2, 0) is 11.3 Å². The molecule has 1 amide bonds. The summed E-state index contributed by atoms with van der Waals surface area (Å²) < 4.78 is 10.8. The molecule has 0 bridgehead atoms. The highest BCUT2D eigenvalue weighted by atomic mass is 35.5. The molecule has 0 aromatic heterocycles. The predicted molar refractivity (Wildman–Crippen MR) is 75.9 cm³/mol. The van der Waals surface area contributed by atoms with Gasteiger partial charge in [0.05, 0.1) is 13.7 Å². The van der Waals surface area contributed by atoms with Crippen LogP contribution in [0.2, 0.25) is 0 Å². The predicted octanol–water partition coefficient (Wildman–Crippen LogP) is 2.73. The van der Waals surface area contributed by atoms with Crippen molar-refractivity contribution < 1.29 is 14.3 Å². The van der Waals surface area contributed by atoms with Crippen molar-refractivity contribution >= 4 is 17.5 Å². The van der Waals surface area contributed by atoms with Gasteiger partial charge in [-0.2, -0.15) is 0 Å². The van der Waals surface area contributed by atoms with E-state index in [-0.39, 0.29) is 5.91 Å². The maximum atomic E-state index is 11.4. The Morgan fingerprint density at radius 1 is 1.42 bits per heavy atom. The van der Waals surface area contributed by atoms with Crippen LogP contribution in [0.4, 0.5) is 0 Å². The van der Waals surface area contributed by atoms with Gasteiger partial charge in [-0.15, -0.1) is 11.6 Å². The zero-order chi connectivity index (χ0) is 14.3. The van der Waals surface area contributed by atoms with Crippen LogP contribution in [0.3, 0.4) is 0 Å². The third kappa shape index (κ3) is 4.99. The molecule has 0 aliphatic carbocycles. The Morgan fingerprint density at radius 3 is 2.74 bits per heavy atom. The van der Waals surface area contributed by atoms with Crippen molar-refractivity contribution in [3.8, 4) is 11.5 Å². The summed E-state index contributed by atoms with van der Waals surface area (Å²) in [4.78, 5) is 11.4. The molecule has 0 saturated carbocycles. The Labute approximate surface area is 119 Å². The molecular formula is C14H20ClNO3. The molecule has 0 saturated heterocycles. The van der Waals surface area contributed by atoms with Crippen LogP contribution in [0, 0.1) is 0 Å². The topological polar surface area (TPSA) is 47.6 Å². The smallest absolute Gasteiger partial charge is 0.238 e. The minimum absolute atomic E-state index is 0.187. The fourth-order valence-electron chi connectivity index (χ4n) is 1.49. The Bertz CT molecular complexity index is 421. The van der Waals surface area contributed by atoms with Gasteiger partial charge in [0.15, 0.2) is 11.5 Å². The van der Waals surface area contributed by atoms with E-state index < -0.39 is 5.38 Å². The van der Waals surface area contributed by atoms with Crippen molar-refractivity contribution in [2.45, 2.75) is 32.2 Å². The quantitative estimate of drug-likeness (QED) is 0.784. The van der Waals surface area contributed by atoms with E-state index >= 15 is 0 Å². The van der Waals surface area contributed by atoms with Gasteiger partial charge in [-0.3, -0.25) is 4.79 Å². The fourth-order valence-corrected chi connectivity index (χ4v) is 1.56. The van der Waals surface area contributed by atoms with Crippen molar-refractivity contribution in [2.24, 2.45) is 0 Å². The number of amides is 1. The first-order valence-corrected chi connectivity index (χ1v) is 6.73. The standard InChI is InChI=1S/C14H20ClNO3/c1-4-7-19-13-8-11(5-6-12(13)18-3)9-16-14(17)10(2)15/h5-6,8,10H,4,7,9H2,1-3H3,(H,16,17). The molecule has 1 unspecified atom stereocenters. The van der Waals surface area contributed by atoms with Crippen molar-refractivity contribution in [3.05, 3.63) is 23.8 Å². The maximum absolute atomic E-state index is 11.4. The average molecular weight is 286 g/mol. The molecule has 0 radical (unpaired) electrons. The number of hydrogen-bond donors (Lipinski definition) is 1. The summed E-state index contributed by atoms with van der Waals surface area (Å²) in [6, 6.07) is 5.58. The molecule has 0 spiro atoms. The SMILES string of the molecule is CCCOc1cc(CNC(=O)C(C)Cl)ccc1OC. The molecule has 5 heteroatoms. The zero-order valence-electron chi connectivity index (χ0n) is 11.5. The fraction of sp³-hybridized carbons (Fsp3) is 0.500. The first kappa shape index (κ1) is 15.6. The third-order valence-electron chi connectivity index (χ3n) is 2.52. The summed E-state index contributed by atoms with van der Waals surface area (Å²) in [5.74, 6) is 1.19. The van der Waals surface area contributed by atoms with Crippen molar-refractivity contribution in [3.63, 3.8) is 0 Å². The van der Waals surface area contributed by atoms with Crippen LogP contribution in [0.15, 0.2) is 18.2 Å². The van der Waals surface area contributed by atoms with Crippen LogP contribution in [0.1, 0.15) is 25.8 Å². The van der Waals surface area contributed by atoms with Gasteiger partial charge in [0.1, 0.15) is 5.38 Å². The lowest BCUT2D eigenvalue weighted by Gasteiger charge is -2.12. The van der Waals surface area contributed by atoms with E-state index in [4.69, 9.17) is 21.1 Å². The number of carbonyl (C=O) groups excluding carboxylic acids is 1. The molecular weight excluding hydrogens is 266 g/mol. The maximum Gasteiger partial charge on any atom is 0.238 e. The van der Waals surface area contributed by atoms with E-state index in [0.717, 1.165) is 12.0 Å². The van der Waals surface area contributed by atoms with E-state index in [9.17, 15) is 4.79 Å². The minimum atomic E-state index is -0.533. The van der Waals surface area contributed by atoms with Gasteiger partial charge in [-0.25, -0.2) is 0 Å². The Hall–Kier alpha value is -1.42. The Kier molecular flexibility index (Phi) is 6.50. The second-order valence-corrected chi connectivity index (χ2v) is 4.82. The number of methoxy groups -OCH3 is 1. The minimum Gasteiger partial charge on any atom is -0.493 e. The molecule has 1 aromatic carbocycles. The van der Waals surface area contributed by atoms with E-state index in [1.807, 2.05) is 25.1 Å². The van der Waals surface area contributed by atoms with Gasteiger partial charge >= 0.3 is 0 Å². The van der Waals surface area contributed by atoms with E-state index in [0.29, 0.717) is 24.7 Å². The Balaban J connectivity index is 2.71. The monoisotopic (exact) mass is 285 g/mol.